The Morgan fingerprint density at radius 1 is 1.56 bits per heavy atom. The van der Waals surface area contributed by atoms with Crippen LogP contribution in [-0.2, 0) is 14.3 Å². The molecule has 4 heteroatoms. The zero-order valence-electron chi connectivity index (χ0n) is 9.68. The Labute approximate surface area is 95.6 Å². The number of methoxy groups -OCH3 is 1. The Balaban J connectivity index is 2.74. The normalized spacial score (nSPS) is 12.1. The zero-order valence-corrected chi connectivity index (χ0v) is 9.68. The topological polar surface area (TPSA) is 48.4 Å². The van der Waals surface area contributed by atoms with E-state index in [1.54, 1.807) is 26.4 Å². The highest BCUT2D eigenvalue weighted by molar-refractivity contribution is 5.78. The van der Waals surface area contributed by atoms with Gasteiger partial charge < -0.3 is 9.47 Å². The van der Waals surface area contributed by atoms with E-state index in [0.717, 1.165) is 5.56 Å². The number of nitrogens with zero attached hydrogens (tertiary/aromatic N) is 1. The molecule has 0 radical (unpaired) electrons. The molecule has 1 unspecified atom stereocenters. The van der Waals surface area contributed by atoms with Gasteiger partial charge in [-0.3, -0.25) is 9.78 Å². The first kappa shape index (κ1) is 12.6. The Morgan fingerprint density at radius 3 is 2.94 bits per heavy atom. The lowest BCUT2D eigenvalue weighted by molar-refractivity contribution is -0.145. The summed E-state index contributed by atoms with van der Waals surface area (Å²) in [4.78, 5) is 15.8. The lowest BCUT2D eigenvalue weighted by Gasteiger charge is -2.14. The van der Waals surface area contributed by atoms with Crippen molar-refractivity contribution in [1.29, 1.82) is 0 Å². The van der Waals surface area contributed by atoms with Crippen LogP contribution >= 0.6 is 0 Å². The average molecular weight is 223 g/mol. The van der Waals surface area contributed by atoms with Crippen LogP contribution in [0, 0.1) is 0 Å². The van der Waals surface area contributed by atoms with E-state index in [0.29, 0.717) is 19.6 Å². The predicted octanol–water partition coefficient (Wildman–Crippen LogP) is 1.76. The molecular weight excluding hydrogens is 206 g/mol. The van der Waals surface area contributed by atoms with Gasteiger partial charge in [-0.25, -0.2) is 0 Å². The number of aromatic nitrogens is 1. The molecule has 0 bridgehead atoms. The molecule has 0 amide bonds. The summed E-state index contributed by atoms with van der Waals surface area (Å²) in [6.07, 6.45) is 3.99. The first-order valence-electron chi connectivity index (χ1n) is 5.35. The Kier molecular flexibility index (Phi) is 5.50. The van der Waals surface area contributed by atoms with Crippen LogP contribution in [0.15, 0.2) is 24.5 Å². The van der Waals surface area contributed by atoms with E-state index >= 15 is 0 Å². The van der Waals surface area contributed by atoms with Crippen LogP contribution in [0.4, 0.5) is 0 Å². The number of pyridine rings is 1. The first-order valence-corrected chi connectivity index (χ1v) is 5.35. The largest absolute Gasteiger partial charge is 0.466 e. The molecule has 1 rings (SSSR count). The van der Waals surface area contributed by atoms with E-state index in [2.05, 4.69) is 4.98 Å². The summed E-state index contributed by atoms with van der Waals surface area (Å²) in [7, 11) is 1.62. The molecule has 1 aromatic rings. The maximum Gasteiger partial charge on any atom is 0.313 e. The fraction of sp³-hybridized carbons (Fsp3) is 0.500. The fourth-order valence-corrected chi connectivity index (χ4v) is 1.48. The van der Waals surface area contributed by atoms with Crippen molar-refractivity contribution in [3.05, 3.63) is 30.1 Å². The van der Waals surface area contributed by atoms with E-state index in [1.165, 1.54) is 0 Å². The first-order chi connectivity index (χ1) is 7.79. The minimum absolute atomic E-state index is 0.215. The minimum Gasteiger partial charge on any atom is -0.466 e. The van der Waals surface area contributed by atoms with Gasteiger partial charge in [-0.2, -0.15) is 0 Å². The fourth-order valence-electron chi connectivity index (χ4n) is 1.48. The van der Waals surface area contributed by atoms with Gasteiger partial charge in [0.05, 0.1) is 12.5 Å². The van der Waals surface area contributed by atoms with Crippen LogP contribution in [-0.4, -0.2) is 31.3 Å². The number of carbonyl (C=O) groups excluding carboxylic acids is 1. The van der Waals surface area contributed by atoms with Gasteiger partial charge >= 0.3 is 5.97 Å². The predicted molar refractivity (Wildman–Crippen MR) is 60.1 cm³/mol. The molecule has 0 aromatic carbocycles. The molecule has 0 aliphatic carbocycles. The van der Waals surface area contributed by atoms with Crippen molar-refractivity contribution in [2.45, 2.75) is 19.3 Å². The molecular formula is C12H17NO3. The third-order valence-electron chi connectivity index (χ3n) is 2.27. The SMILES string of the molecule is CCOC(=O)C(CCOC)c1cccnc1. The summed E-state index contributed by atoms with van der Waals surface area (Å²) in [6, 6.07) is 3.69. The molecule has 0 aliphatic heterocycles. The highest BCUT2D eigenvalue weighted by atomic mass is 16.5. The van der Waals surface area contributed by atoms with Crippen molar-refractivity contribution in [1.82, 2.24) is 4.98 Å². The Bertz CT molecular complexity index is 313. The van der Waals surface area contributed by atoms with E-state index in [4.69, 9.17) is 9.47 Å². The van der Waals surface area contributed by atoms with E-state index in [-0.39, 0.29) is 11.9 Å². The van der Waals surface area contributed by atoms with Gasteiger partial charge in [0.2, 0.25) is 0 Å². The van der Waals surface area contributed by atoms with Gasteiger partial charge in [0.15, 0.2) is 0 Å². The van der Waals surface area contributed by atoms with Gasteiger partial charge in [-0.05, 0) is 25.0 Å². The summed E-state index contributed by atoms with van der Waals surface area (Å²) in [5.41, 5.74) is 0.873. The van der Waals surface area contributed by atoms with Crippen LogP contribution in [0.1, 0.15) is 24.8 Å². The summed E-state index contributed by atoms with van der Waals surface area (Å²) in [6.45, 7) is 2.72. The molecule has 0 saturated heterocycles. The third kappa shape index (κ3) is 3.62. The van der Waals surface area contributed by atoms with Crippen molar-refractivity contribution in [3.63, 3.8) is 0 Å². The Morgan fingerprint density at radius 2 is 2.38 bits per heavy atom. The highest BCUT2D eigenvalue weighted by Crippen LogP contribution is 2.20. The third-order valence-corrected chi connectivity index (χ3v) is 2.27. The number of ether oxygens (including phenoxy) is 2. The summed E-state index contributed by atoms with van der Waals surface area (Å²) in [5.74, 6) is -0.499. The summed E-state index contributed by atoms with van der Waals surface area (Å²) < 4.78 is 10.0. The maximum absolute atomic E-state index is 11.7. The molecule has 0 spiro atoms. The molecule has 1 atom stereocenters. The monoisotopic (exact) mass is 223 g/mol. The van der Waals surface area contributed by atoms with Gasteiger partial charge in [0.1, 0.15) is 0 Å². The maximum atomic E-state index is 11.7. The minimum atomic E-state index is -0.284. The van der Waals surface area contributed by atoms with Crippen molar-refractivity contribution >= 4 is 5.97 Å². The van der Waals surface area contributed by atoms with Crippen molar-refractivity contribution < 1.29 is 14.3 Å². The van der Waals surface area contributed by atoms with Crippen LogP contribution in [0.3, 0.4) is 0 Å². The lowest BCUT2D eigenvalue weighted by Crippen LogP contribution is -2.17. The molecule has 0 N–H and O–H groups in total. The second-order valence-corrected chi connectivity index (χ2v) is 3.37. The zero-order chi connectivity index (χ0) is 11.8. The van der Waals surface area contributed by atoms with Crippen molar-refractivity contribution in [2.75, 3.05) is 20.3 Å². The van der Waals surface area contributed by atoms with Gasteiger partial charge in [0.25, 0.3) is 0 Å². The number of hydrogen-bond donors (Lipinski definition) is 0. The summed E-state index contributed by atoms with van der Waals surface area (Å²) in [5, 5.41) is 0. The van der Waals surface area contributed by atoms with Crippen LogP contribution in [0.2, 0.25) is 0 Å². The van der Waals surface area contributed by atoms with Crippen molar-refractivity contribution in [2.24, 2.45) is 0 Å². The molecule has 1 aromatic heterocycles. The standard InChI is InChI=1S/C12H17NO3/c1-3-16-12(14)11(6-8-15-2)10-5-4-7-13-9-10/h4-5,7,9,11H,3,6,8H2,1-2H3. The van der Waals surface area contributed by atoms with E-state index < -0.39 is 0 Å². The second kappa shape index (κ2) is 6.95. The van der Waals surface area contributed by atoms with Crippen LogP contribution in [0.5, 0.6) is 0 Å². The second-order valence-electron chi connectivity index (χ2n) is 3.37. The number of hydrogen-bond acceptors (Lipinski definition) is 4. The summed E-state index contributed by atoms with van der Waals surface area (Å²) >= 11 is 0. The Hall–Kier alpha value is -1.42. The molecule has 88 valence electrons. The van der Waals surface area contributed by atoms with Crippen LogP contribution < -0.4 is 0 Å². The quantitative estimate of drug-likeness (QED) is 0.689. The molecule has 1 heterocycles. The van der Waals surface area contributed by atoms with Gasteiger partial charge in [-0.15, -0.1) is 0 Å². The van der Waals surface area contributed by atoms with Gasteiger partial charge in [0, 0.05) is 26.1 Å². The number of rotatable bonds is 6. The molecule has 4 nitrogen and oxygen atoms in total. The molecule has 0 saturated carbocycles. The van der Waals surface area contributed by atoms with Gasteiger partial charge in [-0.1, -0.05) is 6.07 Å². The molecule has 0 aliphatic rings. The van der Waals surface area contributed by atoms with Crippen molar-refractivity contribution in [3.8, 4) is 0 Å². The lowest BCUT2D eigenvalue weighted by atomic mass is 9.98. The average Bonchev–Trinajstić information content (AvgIpc) is 2.31. The molecule has 0 fully saturated rings. The number of carbonyl (C=O) groups is 1. The van der Waals surface area contributed by atoms with E-state index in [1.807, 2.05) is 12.1 Å². The van der Waals surface area contributed by atoms with Crippen LogP contribution in [0.25, 0.3) is 0 Å². The number of esters is 1. The highest BCUT2D eigenvalue weighted by Gasteiger charge is 2.21. The molecule has 16 heavy (non-hydrogen) atoms. The van der Waals surface area contributed by atoms with E-state index in [9.17, 15) is 4.79 Å². The smallest absolute Gasteiger partial charge is 0.313 e.